The van der Waals surface area contributed by atoms with Crippen molar-refractivity contribution in [3.63, 3.8) is 0 Å². The molecule has 2 aromatic heterocycles. The van der Waals surface area contributed by atoms with Gasteiger partial charge in [-0.25, -0.2) is 13.8 Å². The molecule has 0 aliphatic heterocycles. The van der Waals surface area contributed by atoms with E-state index in [-0.39, 0.29) is 11.4 Å². The number of aromatic nitrogens is 1. The van der Waals surface area contributed by atoms with Crippen molar-refractivity contribution in [2.24, 2.45) is 0 Å². The van der Waals surface area contributed by atoms with Gasteiger partial charge in [0, 0.05) is 10.9 Å². The Morgan fingerprint density at radius 3 is 2.82 bits per heavy atom. The zero-order valence-corrected chi connectivity index (χ0v) is 12.2. The van der Waals surface area contributed by atoms with Gasteiger partial charge >= 0.3 is 0 Å². The van der Waals surface area contributed by atoms with E-state index in [9.17, 15) is 13.6 Å². The molecule has 0 radical (unpaired) electrons. The third-order valence-corrected chi connectivity index (χ3v) is 3.91. The SMILES string of the molecule is Cc1sc(-c2ccco2)nc1C(=O)Nc1ccc(F)cc1F. The number of nitrogens with zero attached hydrogens (tertiary/aromatic N) is 1. The van der Waals surface area contributed by atoms with Crippen LogP contribution in [0, 0.1) is 18.6 Å². The molecule has 1 aromatic carbocycles. The Kier molecular flexibility index (Phi) is 3.72. The number of nitrogens with one attached hydrogen (secondary N) is 1. The average molecular weight is 320 g/mol. The number of anilines is 1. The summed E-state index contributed by atoms with van der Waals surface area (Å²) in [5.41, 5.74) is 0.0819. The maximum absolute atomic E-state index is 13.6. The van der Waals surface area contributed by atoms with Crippen molar-refractivity contribution in [2.45, 2.75) is 6.92 Å². The highest BCUT2D eigenvalue weighted by Crippen LogP contribution is 2.28. The summed E-state index contributed by atoms with van der Waals surface area (Å²) < 4.78 is 31.7. The number of rotatable bonds is 3. The summed E-state index contributed by atoms with van der Waals surface area (Å²) >= 11 is 1.30. The van der Waals surface area contributed by atoms with E-state index in [0.29, 0.717) is 21.7 Å². The molecule has 0 fully saturated rings. The van der Waals surface area contributed by atoms with Gasteiger partial charge in [0.1, 0.15) is 17.3 Å². The molecule has 1 N–H and O–H groups in total. The van der Waals surface area contributed by atoms with Crippen LogP contribution < -0.4 is 5.32 Å². The van der Waals surface area contributed by atoms with Crippen molar-refractivity contribution in [2.75, 3.05) is 5.32 Å². The first kappa shape index (κ1) is 14.4. The lowest BCUT2D eigenvalue weighted by atomic mass is 10.2. The lowest BCUT2D eigenvalue weighted by Crippen LogP contribution is -2.14. The molecule has 4 nitrogen and oxygen atoms in total. The highest BCUT2D eigenvalue weighted by molar-refractivity contribution is 7.15. The molecule has 0 bridgehead atoms. The van der Waals surface area contributed by atoms with Crippen LogP contribution in [0.2, 0.25) is 0 Å². The Morgan fingerprint density at radius 2 is 2.14 bits per heavy atom. The van der Waals surface area contributed by atoms with Crippen molar-refractivity contribution in [3.05, 3.63) is 58.8 Å². The fourth-order valence-electron chi connectivity index (χ4n) is 1.89. The Bertz CT molecular complexity index is 828. The monoisotopic (exact) mass is 320 g/mol. The van der Waals surface area contributed by atoms with E-state index in [1.54, 1.807) is 19.1 Å². The van der Waals surface area contributed by atoms with Gasteiger partial charge in [-0.05, 0) is 31.2 Å². The number of hydrogen-bond acceptors (Lipinski definition) is 4. The van der Waals surface area contributed by atoms with Crippen molar-refractivity contribution in [1.29, 1.82) is 0 Å². The maximum Gasteiger partial charge on any atom is 0.275 e. The number of amides is 1. The highest BCUT2D eigenvalue weighted by Gasteiger charge is 2.18. The number of carbonyl (C=O) groups excluding carboxylic acids is 1. The first-order valence-corrected chi connectivity index (χ1v) is 7.14. The molecule has 112 valence electrons. The summed E-state index contributed by atoms with van der Waals surface area (Å²) in [6.45, 7) is 1.74. The van der Waals surface area contributed by atoms with Gasteiger partial charge in [-0.2, -0.15) is 0 Å². The predicted octanol–water partition coefficient (Wildman–Crippen LogP) is 4.24. The van der Waals surface area contributed by atoms with Crippen LogP contribution in [0.5, 0.6) is 0 Å². The molecular formula is C15H10F2N2O2S. The van der Waals surface area contributed by atoms with Gasteiger partial charge in [0.05, 0.1) is 12.0 Å². The van der Waals surface area contributed by atoms with Crippen LogP contribution in [-0.4, -0.2) is 10.9 Å². The quantitative estimate of drug-likeness (QED) is 0.785. The molecule has 0 saturated heterocycles. The first-order valence-electron chi connectivity index (χ1n) is 6.32. The van der Waals surface area contributed by atoms with Gasteiger partial charge in [0.15, 0.2) is 10.8 Å². The van der Waals surface area contributed by atoms with E-state index in [1.807, 2.05) is 0 Å². The zero-order valence-electron chi connectivity index (χ0n) is 11.4. The molecule has 0 spiro atoms. The van der Waals surface area contributed by atoms with Gasteiger partial charge in [-0.1, -0.05) is 0 Å². The number of halogens is 2. The zero-order chi connectivity index (χ0) is 15.7. The Morgan fingerprint density at radius 1 is 1.32 bits per heavy atom. The van der Waals surface area contributed by atoms with E-state index < -0.39 is 17.5 Å². The second kappa shape index (κ2) is 5.69. The molecule has 3 rings (SSSR count). The van der Waals surface area contributed by atoms with E-state index >= 15 is 0 Å². The second-order valence-electron chi connectivity index (χ2n) is 4.48. The van der Waals surface area contributed by atoms with Crippen LogP contribution in [0.3, 0.4) is 0 Å². The normalized spacial score (nSPS) is 10.7. The third kappa shape index (κ3) is 2.75. The minimum Gasteiger partial charge on any atom is -0.462 e. The van der Waals surface area contributed by atoms with Crippen molar-refractivity contribution in [1.82, 2.24) is 4.98 Å². The van der Waals surface area contributed by atoms with Crippen molar-refractivity contribution < 1.29 is 18.0 Å². The summed E-state index contributed by atoms with van der Waals surface area (Å²) in [6.07, 6.45) is 1.51. The van der Waals surface area contributed by atoms with E-state index in [1.165, 1.54) is 17.6 Å². The third-order valence-electron chi connectivity index (χ3n) is 2.92. The van der Waals surface area contributed by atoms with Crippen molar-refractivity contribution >= 4 is 22.9 Å². The summed E-state index contributed by atoms with van der Waals surface area (Å²) in [4.78, 5) is 17.1. The number of aryl methyl sites for hydroxylation is 1. The summed E-state index contributed by atoms with van der Waals surface area (Å²) in [5, 5.41) is 2.95. The standard InChI is InChI=1S/C15H10F2N2O2S/c1-8-13(19-15(22-8)12-3-2-6-21-12)14(20)18-11-5-4-9(16)7-10(11)17/h2-7H,1H3,(H,18,20). The lowest BCUT2D eigenvalue weighted by molar-refractivity contribution is 0.102. The molecule has 22 heavy (non-hydrogen) atoms. The molecule has 3 aromatic rings. The lowest BCUT2D eigenvalue weighted by Gasteiger charge is -2.05. The van der Waals surface area contributed by atoms with Gasteiger partial charge in [-0.3, -0.25) is 4.79 Å². The molecule has 0 aliphatic carbocycles. The summed E-state index contributed by atoms with van der Waals surface area (Å²) in [6, 6.07) is 6.40. The highest BCUT2D eigenvalue weighted by atomic mass is 32.1. The van der Waals surface area contributed by atoms with E-state index in [4.69, 9.17) is 4.42 Å². The summed E-state index contributed by atoms with van der Waals surface area (Å²) in [5.74, 6) is -1.55. The number of thiazole rings is 1. The fraction of sp³-hybridized carbons (Fsp3) is 0.0667. The van der Waals surface area contributed by atoms with Crippen LogP contribution in [0.25, 0.3) is 10.8 Å². The van der Waals surface area contributed by atoms with Gasteiger partial charge in [0.25, 0.3) is 5.91 Å². The molecule has 1 amide bonds. The number of furan rings is 1. The molecular weight excluding hydrogens is 310 g/mol. The van der Waals surface area contributed by atoms with Crippen LogP contribution in [-0.2, 0) is 0 Å². The van der Waals surface area contributed by atoms with Gasteiger partial charge in [-0.15, -0.1) is 11.3 Å². The molecule has 0 aliphatic rings. The number of benzene rings is 1. The molecule has 0 saturated carbocycles. The topological polar surface area (TPSA) is 55.1 Å². The minimum atomic E-state index is -0.840. The molecule has 0 unspecified atom stereocenters. The van der Waals surface area contributed by atoms with Crippen LogP contribution in [0.1, 0.15) is 15.4 Å². The molecule has 7 heteroatoms. The smallest absolute Gasteiger partial charge is 0.275 e. The van der Waals surface area contributed by atoms with Gasteiger partial charge < -0.3 is 9.73 Å². The van der Waals surface area contributed by atoms with Crippen LogP contribution in [0.4, 0.5) is 14.5 Å². The molecule has 2 heterocycles. The van der Waals surface area contributed by atoms with E-state index in [0.717, 1.165) is 12.1 Å². The van der Waals surface area contributed by atoms with E-state index in [2.05, 4.69) is 10.3 Å². The number of hydrogen-bond donors (Lipinski definition) is 1. The maximum atomic E-state index is 13.6. The number of carbonyl (C=O) groups is 1. The Balaban J connectivity index is 1.86. The Hall–Kier alpha value is -2.54. The van der Waals surface area contributed by atoms with Crippen molar-refractivity contribution in [3.8, 4) is 10.8 Å². The van der Waals surface area contributed by atoms with Gasteiger partial charge in [0.2, 0.25) is 0 Å². The minimum absolute atomic E-state index is 0.0988. The fourth-order valence-corrected chi connectivity index (χ4v) is 2.76. The largest absolute Gasteiger partial charge is 0.462 e. The Labute approximate surface area is 128 Å². The first-order chi connectivity index (χ1) is 10.5. The summed E-state index contributed by atoms with van der Waals surface area (Å²) in [7, 11) is 0. The average Bonchev–Trinajstić information content (AvgIpc) is 3.10. The van der Waals surface area contributed by atoms with Crippen LogP contribution >= 0.6 is 11.3 Å². The molecule has 0 atom stereocenters. The van der Waals surface area contributed by atoms with Crippen LogP contribution in [0.15, 0.2) is 41.0 Å². The second-order valence-corrected chi connectivity index (χ2v) is 5.68. The predicted molar refractivity (Wildman–Crippen MR) is 78.9 cm³/mol.